The van der Waals surface area contributed by atoms with Crippen LogP contribution in [-0.2, 0) is 6.42 Å². The minimum absolute atomic E-state index is 0.582. The van der Waals surface area contributed by atoms with Gasteiger partial charge in [-0.1, -0.05) is 37.6 Å². The Bertz CT molecular complexity index is 381. The average molecular weight is 231 g/mol. The van der Waals surface area contributed by atoms with Gasteiger partial charge in [-0.05, 0) is 50.2 Å². The number of hydrogen-bond acceptors (Lipinski definition) is 1. The molecular formula is C16H25N. The van der Waals surface area contributed by atoms with Gasteiger partial charge in [0.25, 0.3) is 0 Å². The normalized spacial score (nSPS) is 20.6. The van der Waals surface area contributed by atoms with Crippen LogP contribution in [0.2, 0.25) is 0 Å². The zero-order valence-corrected chi connectivity index (χ0v) is 11.6. The van der Waals surface area contributed by atoms with Crippen LogP contribution in [0.1, 0.15) is 56.3 Å². The Kier molecular flexibility index (Phi) is 3.88. The van der Waals surface area contributed by atoms with Crippen molar-refractivity contribution in [3.8, 4) is 0 Å². The predicted octanol–water partition coefficient (Wildman–Crippen LogP) is 4.01. The van der Waals surface area contributed by atoms with Gasteiger partial charge in [-0.2, -0.15) is 0 Å². The molecule has 0 aliphatic heterocycles. The minimum atomic E-state index is 0.582. The number of hydrogen-bond donors (Lipinski definition) is 1. The summed E-state index contributed by atoms with van der Waals surface area (Å²) in [5, 5.41) is 3.79. The molecule has 0 saturated heterocycles. The molecule has 1 aromatic rings. The second kappa shape index (κ2) is 5.22. The van der Waals surface area contributed by atoms with E-state index in [1.54, 1.807) is 11.1 Å². The van der Waals surface area contributed by atoms with Crippen LogP contribution in [0.3, 0.4) is 0 Å². The van der Waals surface area contributed by atoms with Crippen molar-refractivity contribution in [1.82, 2.24) is 5.32 Å². The third-order valence-corrected chi connectivity index (χ3v) is 3.69. The molecule has 1 nitrogen and oxygen atoms in total. The smallest absolute Gasteiger partial charge is 0.0328 e. The second-order valence-corrected chi connectivity index (χ2v) is 5.99. The molecule has 0 radical (unpaired) electrons. The maximum absolute atomic E-state index is 3.79. The topological polar surface area (TPSA) is 12.0 Å². The van der Waals surface area contributed by atoms with E-state index in [0.29, 0.717) is 12.1 Å². The largest absolute Gasteiger partial charge is 0.307 e. The molecule has 0 fully saturated rings. The van der Waals surface area contributed by atoms with Crippen LogP contribution in [0.15, 0.2) is 18.2 Å². The molecule has 1 aliphatic carbocycles. The SMILES string of the molecule is Cc1ccc2c(c1)C(NC(C)CC(C)C)CC2. The number of fused-ring (bicyclic) bond motifs is 1. The van der Waals surface area contributed by atoms with Crippen LogP contribution < -0.4 is 5.32 Å². The summed E-state index contributed by atoms with van der Waals surface area (Å²) in [7, 11) is 0. The molecule has 1 aliphatic rings. The summed E-state index contributed by atoms with van der Waals surface area (Å²) in [4.78, 5) is 0. The summed E-state index contributed by atoms with van der Waals surface area (Å²) in [6.45, 7) is 9.09. The summed E-state index contributed by atoms with van der Waals surface area (Å²) < 4.78 is 0. The van der Waals surface area contributed by atoms with E-state index in [1.807, 2.05) is 0 Å². The van der Waals surface area contributed by atoms with Gasteiger partial charge in [0.2, 0.25) is 0 Å². The molecule has 0 heterocycles. The monoisotopic (exact) mass is 231 g/mol. The van der Waals surface area contributed by atoms with Crippen molar-refractivity contribution < 1.29 is 0 Å². The number of rotatable bonds is 4. The van der Waals surface area contributed by atoms with Crippen molar-refractivity contribution in [1.29, 1.82) is 0 Å². The molecule has 1 N–H and O–H groups in total. The van der Waals surface area contributed by atoms with Gasteiger partial charge in [-0.15, -0.1) is 0 Å². The fourth-order valence-corrected chi connectivity index (χ4v) is 3.01. The summed E-state index contributed by atoms with van der Waals surface area (Å²) >= 11 is 0. The van der Waals surface area contributed by atoms with Gasteiger partial charge in [0.05, 0.1) is 0 Å². The molecule has 0 aromatic heterocycles. The Hall–Kier alpha value is -0.820. The molecule has 2 atom stereocenters. The van der Waals surface area contributed by atoms with Crippen molar-refractivity contribution in [2.75, 3.05) is 0 Å². The fraction of sp³-hybridized carbons (Fsp3) is 0.625. The van der Waals surface area contributed by atoms with Crippen molar-refractivity contribution in [3.63, 3.8) is 0 Å². The zero-order valence-electron chi connectivity index (χ0n) is 11.6. The van der Waals surface area contributed by atoms with Gasteiger partial charge in [-0.3, -0.25) is 0 Å². The maximum atomic E-state index is 3.79. The lowest BCUT2D eigenvalue weighted by Crippen LogP contribution is -2.30. The molecule has 17 heavy (non-hydrogen) atoms. The first-order valence-corrected chi connectivity index (χ1v) is 6.91. The summed E-state index contributed by atoms with van der Waals surface area (Å²) in [6.07, 6.45) is 3.76. The van der Waals surface area contributed by atoms with E-state index >= 15 is 0 Å². The first-order chi connectivity index (χ1) is 8.06. The van der Waals surface area contributed by atoms with Crippen LogP contribution in [0.25, 0.3) is 0 Å². The van der Waals surface area contributed by atoms with Crippen LogP contribution >= 0.6 is 0 Å². The van der Waals surface area contributed by atoms with Crippen molar-refractivity contribution in [3.05, 3.63) is 34.9 Å². The van der Waals surface area contributed by atoms with Gasteiger partial charge < -0.3 is 5.32 Å². The Morgan fingerprint density at radius 2 is 2.06 bits per heavy atom. The Labute approximate surface area is 106 Å². The van der Waals surface area contributed by atoms with Crippen LogP contribution in [0, 0.1) is 12.8 Å². The van der Waals surface area contributed by atoms with Gasteiger partial charge in [0.1, 0.15) is 0 Å². The third-order valence-electron chi connectivity index (χ3n) is 3.69. The highest BCUT2D eigenvalue weighted by Gasteiger charge is 2.23. The highest BCUT2D eigenvalue weighted by atomic mass is 14.9. The Balaban J connectivity index is 2.04. The molecule has 1 aromatic carbocycles. The van der Waals surface area contributed by atoms with E-state index < -0.39 is 0 Å². The summed E-state index contributed by atoms with van der Waals surface area (Å²) in [6, 6.07) is 8.10. The molecule has 2 unspecified atom stereocenters. The van der Waals surface area contributed by atoms with E-state index in [0.717, 1.165) is 5.92 Å². The summed E-state index contributed by atoms with van der Waals surface area (Å²) in [5.41, 5.74) is 4.47. The van der Waals surface area contributed by atoms with Gasteiger partial charge in [0, 0.05) is 12.1 Å². The maximum Gasteiger partial charge on any atom is 0.0328 e. The number of benzene rings is 1. The quantitative estimate of drug-likeness (QED) is 0.825. The molecule has 2 rings (SSSR count). The average Bonchev–Trinajstić information content (AvgIpc) is 2.60. The zero-order chi connectivity index (χ0) is 12.4. The fourth-order valence-electron chi connectivity index (χ4n) is 3.01. The lowest BCUT2D eigenvalue weighted by molar-refractivity contribution is 0.392. The molecule has 0 spiro atoms. The number of nitrogens with one attached hydrogen (secondary N) is 1. The van der Waals surface area contributed by atoms with Crippen molar-refractivity contribution in [2.45, 2.75) is 59.0 Å². The van der Waals surface area contributed by atoms with Crippen LogP contribution in [-0.4, -0.2) is 6.04 Å². The van der Waals surface area contributed by atoms with E-state index in [-0.39, 0.29) is 0 Å². The molecule has 0 bridgehead atoms. The van der Waals surface area contributed by atoms with Crippen molar-refractivity contribution >= 4 is 0 Å². The first-order valence-electron chi connectivity index (χ1n) is 6.91. The molecular weight excluding hydrogens is 206 g/mol. The van der Waals surface area contributed by atoms with Crippen molar-refractivity contribution in [2.24, 2.45) is 5.92 Å². The second-order valence-electron chi connectivity index (χ2n) is 5.99. The number of aryl methyl sites for hydroxylation is 2. The highest BCUT2D eigenvalue weighted by molar-refractivity contribution is 5.37. The third kappa shape index (κ3) is 3.10. The van der Waals surface area contributed by atoms with Gasteiger partial charge >= 0.3 is 0 Å². The van der Waals surface area contributed by atoms with E-state index in [1.165, 1.54) is 24.8 Å². The van der Waals surface area contributed by atoms with E-state index in [2.05, 4.69) is 51.2 Å². The molecule has 94 valence electrons. The van der Waals surface area contributed by atoms with Gasteiger partial charge in [-0.25, -0.2) is 0 Å². The minimum Gasteiger partial charge on any atom is -0.307 e. The van der Waals surface area contributed by atoms with Crippen LogP contribution in [0.4, 0.5) is 0 Å². The molecule has 0 amide bonds. The standard InChI is InChI=1S/C16H25N/c1-11(2)9-13(4)17-16-8-7-14-6-5-12(3)10-15(14)16/h5-6,10-11,13,16-17H,7-9H2,1-4H3. The Morgan fingerprint density at radius 3 is 2.76 bits per heavy atom. The lowest BCUT2D eigenvalue weighted by atomic mass is 10.0. The van der Waals surface area contributed by atoms with E-state index in [9.17, 15) is 0 Å². The molecule has 1 heteroatoms. The lowest BCUT2D eigenvalue weighted by Gasteiger charge is -2.22. The van der Waals surface area contributed by atoms with Gasteiger partial charge in [0.15, 0.2) is 0 Å². The predicted molar refractivity (Wildman–Crippen MR) is 74.3 cm³/mol. The van der Waals surface area contributed by atoms with E-state index in [4.69, 9.17) is 0 Å². The summed E-state index contributed by atoms with van der Waals surface area (Å²) in [5.74, 6) is 0.774. The first kappa shape index (κ1) is 12.6. The molecule has 0 saturated carbocycles. The highest BCUT2D eigenvalue weighted by Crippen LogP contribution is 2.32. The van der Waals surface area contributed by atoms with Crippen LogP contribution in [0.5, 0.6) is 0 Å². The Morgan fingerprint density at radius 1 is 1.29 bits per heavy atom.